The zero-order valence-electron chi connectivity index (χ0n) is 11.3. The fraction of sp³-hybridized carbons (Fsp3) is 0.583. The SMILES string of the molecule is Cc1nc([C@H](C)n2cc(Cl)cn2)n(C(C)(C)C)n1. The molecule has 0 fully saturated rings. The van der Waals surface area contributed by atoms with Gasteiger partial charge < -0.3 is 0 Å². The van der Waals surface area contributed by atoms with E-state index in [1.54, 1.807) is 17.1 Å². The first kappa shape index (κ1) is 13.1. The molecular formula is C12H18ClN5. The molecule has 0 amide bonds. The fourth-order valence-corrected chi connectivity index (χ4v) is 1.98. The predicted octanol–water partition coefficient (Wildman–Crippen LogP) is 2.80. The number of nitrogens with zero attached hydrogens (tertiary/aromatic N) is 5. The second-order valence-electron chi connectivity index (χ2n) is 5.41. The van der Waals surface area contributed by atoms with Crippen LogP contribution in [0.5, 0.6) is 0 Å². The van der Waals surface area contributed by atoms with Crippen molar-refractivity contribution in [3.8, 4) is 0 Å². The summed E-state index contributed by atoms with van der Waals surface area (Å²) in [6.45, 7) is 10.2. The van der Waals surface area contributed by atoms with Gasteiger partial charge in [-0.25, -0.2) is 9.67 Å². The Morgan fingerprint density at radius 2 is 2.00 bits per heavy atom. The number of aryl methyl sites for hydroxylation is 1. The molecule has 0 aliphatic rings. The van der Waals surface area contributed by atoms with Crippen molar-refractivity contribution in [1.29, 1.82) is 0 Å². The van der Waals surface area contributed by atoms with Crippen molar-refractivity contribution in [1.82, 2.24) is 24.5 Å². The zero-order valence-corrected chi connectivity index (χ0v) is 12.1. The Labute approximate surface area is 112 Å². The first-order chi connectivity index (χ1) is 8.29. The molecule has 0 N–H and O–H groups in total. The number of aromatic nitrogens is 5. The lowest BCUT2D eigenvalue weighted by atomic mass is 10.1. The van der Waals surface area contributed by atoms with Gasteiger partial charge in [0.05, 0.1) is 16.8 Å². The summed E-state index contributed by atoms with van der Waals surface area (Å²) < 4.78 is 3.75. The lowest BCUT2D eigenvalue weighted by Crippen LogP contribution is -2.28. The van der Waals surface area contributed by atoms with E-state index in [1.807, 2.05) is 18.5 Å². The van der Waals surface area contributed by atoms with Crippen molar-refractivity contribution in [2.45, 2.75) is 46.2 Å². The van der Waals surface area contributed by atoms with E-state index in [2.05, 4.69) is 36.0 Å². The van der Waals surface area contributed by atoms with Crippen molar-refractivity contribution in [2.75, 3.05) is 0 Å². The highest BCUT2D eigenvalue weighted by atomic mass is 35.5. The van der Waals surface area contributed by atoms with Gasteiger partial charge in [-0.15, -0.1) is 0 Å². The van der Waals surface area contributed by atoms with Gasteiger partial charge in [-0.1, -0.05) is 11.6 Å². The highest BCUT2D eigenvalue weighted by Crippen LogP contribution is 2.23. The topological polar surface area (TPSA) is 48.5 Å². The van der Waals surface area contributed by atoms with Crippen LogP contribution in [0.15, 0.2) is 12.4 Å². The molecule has 2 aromatic rings. The van der Waals surface area contributed by atoms with Crippen molar-refractivity contribution in [3.05, 3.63) is 29.1 Å². The summed E-state index contributed by atoms with van der Waals surface area (Å²) in [7, 11) is 0. The number of hydrogen-bond donors (Lipinski definition) is 0. The average Bonchev–Trinajstić information content (AvgIpc) is 2.82. The lowest BCUT2D eigenvalue weighted by molar-refractivity contribution is 0.324. The lowest BCUT2D eigenvalue weighted by Gasteiger charge is -2.23. The fourth-order valence-electron chi connectivity index (χ4n) is 1.84. The van der Waals surface area contributed by atoms with Crippen LogP contribution in [0.1, 0.15) is 45.4 Å². The maximum Gasteiger partial charge on any atom is 0.152 e. The van der Waals surface area contributed by atoms with Gasteiger partial charge in [0.1, 0.15) is 11.9 Å². The minimum absolute atomic E-state index is 0.00192. The summed E-state index contributed by atoms with van der Waals surface area (Å²) in [6, 6.07) is -0.00192. The molecule has 2 heterocycles. The molecule has 0 radical (unpaired) electrons. The van der Waals surface area contributed by atoms with E-state index in [0.717, 1.165) is 11.6 Å². The van der Waals surface area contributed by atoms with Crippen molar-refractivity contribution in [3.63, 3.8) is 0 Å². The molecule has 98 valence electrons. The average molecular weight is 268 g/mol. The molecule has 0 aliphatic heterocycles. The van der Waals surface area contributed by atoms with E-state index in [-0.39, 0.29) is 11.6 Å². The summed E-state index contributed by atoms with van der Waals surface area (Å²) in [5.41, 5.74) is -0.109. The molecule has 0 spiro atoms. The smallest absolute Gasteiger partial charge is 0.152 e. The molecule has 0 bridgehead atoms. The van der Waals surface area contributed by atoms with Crippen LogP contribution < -0.4 is 0 Å². The highest BCUT2D eigenvalue weighted by molar-refractivity contribution is 6.30. The second-order valence-corrected chi connectivity index (χ2v) is 5.85. The molecule has 5 nitrogen and oxygen atoms in total. The molecule has 0 saturated heterocycles. The largest absolute Gasteiger partial charge is 0.261 e. The van der Waals surface area contributed by atoms with Gasteiger partial charge in [0, 0.05) is 6.20 Å². The van der Waals surface area contributed by atoms with E-state index >= 15 is 0 Å². The molecule has 0 aromatic carbocycles. The predicted molar refractivity (Wildman–Crippen MR) is 70.8 cm³/mol. The van der Waals surface area contributed by atoms with Crippen molar-refractivity contribution < 1.29 is 0 Å². The molecule has 2 aromatic heterocycles. The Bertz CT molecular complexity index is 549. The van der Waals surface area contributed by atoms with Crippen LogP contribution >= 0.6 is 11.6 Å². The van der Waals surface area contributed by atoms with E-state index in [1.165, 1.54) is 0 Å². The Morgan fingerprint density at radius 1 is 1.33 bits per heavy atom. The molecule has 0 aliphatic carbocycles. The monoisotopic (exact) mass is 267 g/mol. The van der Waals surface area contributed by atoms with Crippen LogP contribution in [-0.4, -0.2) is 24.5 Å². The number of halogens is 1. The summed E-state index contributed by atoms with van der Waals surface area (Å²) >= 11 is 5.90. The zero-order chi connectivity index (χ0) is 13.5. The highest BCUT2D eigenvalue weighted by Gasteiger charge is 2.24. The van der Waals surface area contributed by atoms with Crippen LogP contribution in [0.2, 0.25) is 5.02 Å². The van der Waals surface area contributed by atoms with Gasteiger partial charge in [0.15, 0.2) is 5.82 Å². The molecule has 2 rings (SSSR count). The molecule has 18 heavy (non-hydrogen) atoms. The van der Waals surface area contributed by atoms with E-state index in [4.69, 9.17) is 11.6 Å². The van der Waals surface area contributed by atoms with Crippen LogP contribution in [0.4, 0.5) is 0 Å². The molecule has 1 atom stereocenters. The normalized spacial score (nSPS) is 13.9. The van der Waals surface area contributed by atoms with Crippen molar-refractivity contribution >= 4 is 11.6 Å². The maximum absolute atomic E-state index is 5.90. The first-order valence-electron chi connectivity index (χ1n) is 5.92. The van der Waals surface area contributed by atoms with Gasteiger partial charge >= 0.3 is 0 Å². The quantitative estimate of drug-likeness (QED) is 0.841. The van der Waals surface area contributed by atoms with E-state index in [9.17, 15) is 0 Å². The maximum atomic E-state index is 5.90. The van der Waals surface area contributed by atoms with Crippen molar-refractivity contribution in [2.24, 2.45) is 0 Å². The van der Waals surface area contributed by atoms with E-state index in [0.29, 0.717) is 5.02 Å². The van der Waals surface area contributed by atoms with Crippen LogP contribution in [0, 0.1) is 6.92 Å². The van der Waals surface area contributed by atoms with Gasteiger partial charge in [-0.3, -0.25) is 4.68 Å². The summed E-state index contributed by atoms with van der Waals surface area (Å²) in [4.78, 5) is 4.51. The van der Waals surface area contributed by atoms with Gasteiger partial charge in [0.25, 0.3) is 0 Å². The summed E-state index contributed by atoms with van der Waals surface area (Å²) in [5, 5.41) is 9.32. The third kappa shape index (κ3) is 2.41. The Hall–Kier alpha value is -1.36. The van der Waals surface area contributed by atoms with Gasteiger partial charge in [0.2, 0.25) is 0 Å². The second kappa shape index (κ2) is 4.39. The standard InChI is InChI=1S/C12H18ClN5/c1-8(17-7-10(13)6-14-17)11-15-9(2)16-18(11)12(3,4)5/h6-8H,1-5H3/t8-/m0/s1. The Kier molecular flexibility index (Phi) is 3.19. The van der Waals surface area contributed by atoms with Gasteiger partial charge in [-0.2, -0.15) is 10.2 Å². The van der Waals surface area contributed by atoms with Crippen LogP contribution in [0.25, 0.3) is 0 Å². The number of hydrogen-bond acceptors (Lipinski definition) is 3. The van der Waals surface area contributed by atoms with Gasteiger partial charge in [-0.05, 0) is 34.6 Å². The number of rotatable bonds is 2. The third-order valence-electron chi connectivity index (χ3n) is 2.71. The Balaban J connectivity index is 2.45. The van der Waals surface area contributed by atoms with E-state index < -0.39 is 0 Å². The third-order valence-corrected chi connectivity index (χ3v) is 2.91. The minimum atomic E-state index is -0.109. The molecule has 0 unspecified atom stereocenters. The minimum Gasteiger partial charge on any atom is -0.261 e. The molecule has 0 saturated carbocycles. The Morgan fingerprint density at radius 3 is 2.50 bits per heavy atom. The first-order valence-corrected chi connectivity index (χ1v) is 6.30. The summed E-state index contributed by atoms with van der Waals surface area (Å²) in [6.07, 6.45) is 3.42. The summed E-state index contributed by atoms with van der Waals surface area (Å²) in [5.74, 6) is 1.66. The molecular weight excluding hydrogens is 250 g/mol. The van der Waals surface area contributed by atoms with Crippen LogP contribution in [0.3, 0.4) is 0 Å². The van der Waals surface area contributed by atoms with Crippen LogP contribution in [-0.2, 0) is 5.54 Å². The molecule has 6 heteroatoms.